The number of hydrogen-bond donors (Lipinski definition) is 1. The van der Waals surface area contributed by atoms with Crippen LogP contribution in [0.2, 0.25) is 28.2 Å². The van der Waals surface area contributed by atoms with Crippen molar-refractivity contribution in [2.24, 2.45) is 0 Å². The highest BCUT2D eigenvalue weighted by molar-refractivity contribution is 6.74. The van der Waals surface area contributed by atoms with Crippen LogP contribution in [0.5, 0.6) is 5.75 Å². The van der Waals surface area contributed by atoms with Crippen LogP contribution in [-0.2, 0) is 4.43 Å². The van der Waals surface area contributed by atoms with Gasteiger partial charge in [0.05, 0.1) is 28.3 Å². The zero-order chi connectivity index (χ0) is 27.4. The van der Waals surface area contributed by atoms with Crippen molar-refractivity contribution in [2.45, 2.75) is 51.2 Å². The van der Waals surface area contributed by atoms with Gasteiger partial charge in [0.2, 0.25) is 0 Å². The number of carbonyl (C=O) groups is 1. The maximum atomic E-state index is 13.6. The molecule has 1 amide bonds. The average Bonchev–Trinajstić information content (AvgIpc) is 2.85. The van der Waals surface area contributed by atoms with E-state index in [9.17, 15) is 10.1 Å². The lowest BCUT2D eigenvalue weighted by Crippen LogP contribution is -2.41. The molecule has 0 saturated carbocycles. The summed E-state index contributed by atoms with van der Waals surface area (Å²) in [7, 11) is -0.454. The van der Waals surface area contributed by atoms with Crippen molar-refractivity contribution in [1.29, 1.82) is 5.26 Å². The van der Waals surface area contributed by atoms with Gasteiger partial charge in [0, 0.05) is 19.1 Å². The van der Waals surface area contributed by atoms with Crippen LogP contribution >= 0.6 is 23.2 Å². The molecule has 0 spiro atoms. The van der Waals surface area contributed by atoms with Gasteiger partial charge in [-0.3, -0.25) is 4.79 Å². The number of nitrogens with zero attached hydrogens (tertiary/aromatic N) is 1. The molecule has 196 valence electrons. The van der Waals surface area contributed by atoms with E-state index in [4.69, 9.17) is 32.4 Å². The zero-order valence-electron chi connectivity index (χ0n) is 22.2. The highest BCUT2D eigenvalue weighted by Crippen LogP contribution is 2.37. The molecule has 37 heavy (non-hydrogen) atoms. The van der Waals surface area contributed by atoms with Crippen molar-refractivity contribution < 1.29 is 14.0 Å². The first-order valence-corrected chi connectivity index (χ1v) is 15.9. The van der Waals surface area contributed by atoms with Crippen molar-refractivity contribution in [3.05, 3.63) is 75.3 Å². The third-order valence-electron chi connectivity index (χ3n) is 7.21. The summed E-state index contributed by atoms with van der Waals surface area (Å²) in [5, 5.41) is 15.3. The van der Waals surface area contributed by atoms with Crippen molar-refractivity contribution in [1.82, 2.24) is 5.32 Å². The van der Waals surface area contributed by atoms with Gasteiger partial charge in [-0.1, -0.05) is 74.3 Å². The molecule has 3 aromatic carbocycles. The van der Waals surface area contributed by atoms with E-state index in [1.165, 1.54) is 7.11 Å². The van der Waals surface area contributed by atoms with Crippen molar-refractivity contribution in [2.75, 3.05) is 20.3 Å². The molecule has 0 aliphatic heterocycles. The van der Waals surface area contributed by atoms with Gasteiger partial charge in [-0.2, -0.15) is 5.26 Å². The van der Waals surface area contributed by atoms with E-state index in [1.807, 2.05) is 36.4 Å². The molecule has 0 fully saturated rings. The number of fused-ring (bicyclic) bond motifs is 1. The molecule has 0 aromatic heterocycles. The average molecular weight is 558 g/mol. The summed E-state index contributed by atoms with van der Waals surface area (Å²) in [6, 6.07) is 16.9. The second kappa shape index (κ2) is 11.9. The van der Waals surface area contributed by atoms with Crippen LogP contribution in [0, 0.1) is 11.3 Å². The van der Waals surface area contributed by atoms with Crippen molar-refractivity contribution in [3.8, 4) is 11.8 Å². The number of amides is 1. The van der Waals surface area contributed by atoms with E-state index in [-0.39, 0.29) is 22.6 Å². The number of ether oxygens (including phenoxy) is 1. The summed E-state index contributed by atoms with van der Waals surface area (Å²) in [6.45, 7) is 12.0. The van der Waals surface area contributed by atoms with E-state index in [2.05, 4.69) is 45.3 Å². The van der Waals surface area contributed by atoms with Gasteiger partial charge < -0.3 is 14.5 Å². The van der Waals surface area contributed by atoms with Gasteiger partial charge in [0.1, 0.15) is 11.8 Å². The van der Waals surface area contributed by atoms with E-state index >= 15 is 0 Å². The molecule has 0 bridgehead atoms. The predicted octanol–water partition coefficient (Wildman–Crippen LogP) is 7.95. The Morgan fingerprint density at radius 3 is 2.43 bits per heavy atom. The number of benzene rings is 3. The lowest BCUT2D eigenvalue weighted by molar-refractivity contribution is 0.0948. The smallest absolute Gasteiger partial charge is 0.255 e. The lowest BCUT2D eigenvalue weighted by atomic mass is 9.95. The van der Waals surface area contributed by atoms with E-state index in [1.54, 1.807) is 12.1 Å². The van der Waals surface area contributed by atoms with Crippen molar-refractivity contribution >= 4 is 48.2 Å². The largest absolute Gasteiger partial charge is 0.495 e. The van der Waals surface area contributed by atoms with Crippen LogP contribution in [0.4, 0.5) is 0 Å². The number of methoxy groups -OCH3 is 1. The van der Waals surface area contributed by atoms with Crippen LogP contribution < -0.4 is 10.1 Å². The Balaban J connectivity index is 1.89. The summed E-state index contributed by atoms with van der Waals surface area (Å²) < 4.78 is 11.9. The Kier molecular flexibility index (Phi) is 9.30. The number of hydrogen-bond acceptors (Lipinski definition) is 4. The quantitative estimate of drug-likeness (QED) is 0.271. The van der Waals surface area contributed by atoms with Crippen LogP contribution in [0.3, 0.4) is 0 Å². The molecule has 1 atom stereocenters. The molecule has 3 aromatic rings. The fourth-order valence-electron chi connectivity index (χ4n) is 3.98. The highest BCUT2D eigenvalue weighted by Gasteiger charge is 2.37. The molecule has 1 N–H and O–H groups in total. The molecule has 0 heterocycles. The third kappa shape index (κ3) is 6.66. The van der Waals surface area contributed by atoms with Crippen LogP contribution in [0.15, 0.2) is 48.5 Å². The molecular weight excluding hydrogens is 523 g/mol. The number of rotatable bonds is 9. The Labute approximate surface area is 230 Å². The molecule has 0 aliphatic carbocycles. The first-order valence-electron chi connectivity index (χ1n) is 12.3. The summed E-state index contributed by atoms with van der Waals surface area (Å²) >= 11 is 12.5. The van der Waals surface area contributed by atoms with Gasteiger partial charge in [0.25, 0.3) is 5.91 Å². The van der Waals surface area contributed by atoms with Gasteiger partial charge in [-0.05, 0) is 59.1 Å². The second-order valence-corrected chi connectivity index (χ2v) is 16.3. The van der Waals surface area contributed by atoms with Gasteiger partial charge in [-0.25, -0.2) is 0 Å². The zero-order valence-corrected chi connectivity index (χ0v) is 24.8. The Morgan fingerprint density at radius 1 is 1.11 bits per heavy atom. The van der Waals surface area contributed by atoms with Gasteiger partial charge in [-0.15, -0.1) is 0 Å². The minimum atomic E-state index is -1.93. The SMILES string of the molecule is COc1c(C#N)cc2ccccc2c1C(=O)NC[C@@H](CCO[Si](C)(C)C(C)(C)C)c1ccc(Cl)c(Cl)c1. The second-order valence-electron chi connectivity index (χ2n) is 10.6. The van der Waals surface area contributed by atoms with Crippen LogP contribution in [0.25, 0.3) is 10.8 Å². The maximum Gasteiger partial charge on any atom is 0.255 e. The normalized spacial score (nSPS) is 12.7. The first-order chi connectivity index (χ1) is 17.4. The number of halogens is 2. The van der Waals surface area contributed by atoms with Crippen LogP contribution in [0.1, 0.15) is 54.6 Å². The van der Waals surface area contributed by atoms with E-state index in [0.29, 0.717) is 40.7 Å². The Hall–Kier alpha value is -2.56. The fraction of sp³-hybridized carbons (Fsp3) is 0.379. The summed E-state index contributed by atoms with van der Waals surface area (Å²) in [4.78, 5) is 13.6. The highest BCUT2D eigenvalue weighted by atomic mass is 35.5. The number of nitriles is 1. The molecular formula is C29H34Cl2N2O3Si. The van der Waals surface area contributed by atoms with Crippen molar-refractivity contribution in [3.63, 3.8) is 0 Å². The minimum absolute atomic E-state index is 0.0557. The van der Waals surface area contributed by atoms with E-state index in [0.717, 1.165) is 16.3 Å². The molecule has 0 radical (unpaired) electrons. The Bertz CT molecular complexity index is 1330. The standard InChI is InChI=1S/C29H34Cl2N2O3Si/c1-29(2,3)37(5,6)36-14-13-21(19-11-12-24(30)25(31)16-19)18-33-28(34)26-23-10-8-7-9-20(23)15-22(17-32)27(26)35-4/h7-12,15-16,21H,13-14,18H2,1-6H3,(H,33,34)/t21-/m1/s1. The predicted molar refractivity (Wildman–Crippen MR) is 155 cm³/mol. The van der Waals surface area contributed by atoms with Gasteiger partial charge >= 0.3 is 0 Å². The molecule has 0 saturated heterocycles. The lowest BCUT2D eigenvalue weighted by Gasteiger charge is -2.36. The maximum absolute atomic E-state index is 13.6. The first kappa shape index (κ1) is 29.0. The summed E-state index contributed by atoms with van der Waals surface area (Å²) in [5.41, 5.74) is 1.63. The molecule has 0 aliphatic rings. The monoisotopic (exact) mass is 556 g/mol. The van der Waals surface area contributed by atoms with Gasteiger partial charge in [0.15, 0.2) is 8.32 Å². The third-order valence-corrected chi connectivity index (χ3v) is 12.5. The molecule has 8 heteroatoms. The molecule has 5 nitrogen and oxygen atoms in total. The van der Waals surface area contributed by atoms with E-state index < -0.39 is 8.32 Å². The topological polar surface area (TPSA) is 71.3 Å². The number of carbonyl (C=O) groups excluding carboxylic acids is 1. The van der Waals surface area contributed by atoms with Crippen LogP contribution in [-0.4, -0.2) is 34.5 Å². The minimum Gasteiger partial charge on any atom is -0.495 e. The molecule has 0 unspecified atom stereocenters. The Morgan fingerprint density at radius 2 is 1.81 bits per heavy atom. The fourth-order valence-corrected chi connectivity index (χ4v) is 5.35. The molecule has 3 rings (SSSR count). The summed E-state index contributed by atoms with van der Waals surface area (Å²) in [6.07, 6.45) is 0.695. The summed E-state index contributed by atoms with van der Waals surface area (Å²) in [5.74, 6) is -0.0912. The number of nitrogens with one attached hydrogen (secondary N) is 1.